The molecular formula is C20H25NO3. The van der Waals surface area contributed by atoms with Crippen molar-refractivity contribution in [2.24, 2.45) is 0 Å². The monoisotopic (exact) mass is 327 g/mol. The molecule has 0 bridgehead atoms. The van der Waals surface area contributed by atoms with Gasteiger partial charge in [-0.05, 0) is 36.6 Å². The highest BCUT2D eigenvalue weighted by atomic mass is 16.5. The molecule has 0 aliphatic carbocycles. The van der Waals surface area contributed by atoms with Crippen molar-refractivity contribution in [2.45, 2.75) is 38.9 Å². The molecule has 4 nitrogen and oxygen atoms in total. The molecule has 0 fully saturated rings. The lowest BCUT2D eigenvalue weighted by molar-refractivity contribution is -0.127. The Hall–Kier alpha value is -2.33. The summed E-state index contributed by atoms with van der Waals surface area (Å²) in [6, 6.07) is 17.3. The van der Waals surface area contributed by atoms with Crippen LogP contribution in [0, 0.1) is 0 Å². The molecule has 0 aliphatic rings. The normalized spacial score (nSPS) is 13.1. The lowest BCUT2D eigenvalue weighted by Crippen LogP contribution is -2.38. The number of carbonyl (C=O) groups excluding carboxylic acids is 1. The summed E-state index contributed by atoms with van der Waals surface area (Å²) in [6.07, 6.45) is 0.366. The highest BCUT2D eigenvalue weighted by Gasteiger charge is 2.17. The van der Waals surface area contributed by atoms with Crippen LogP contribution in [0.5, 0.6) is 5.75 Å². The van der Waals surface area contributed by atoms with Gasteiger partial charge in [-0.2, -0.15) is 0 Å². The Morgan fingerprint density at radius 3 is 2.58 bits per heavy atom. The van der Waals surface area contributed by atoms with Crippen molar-refractivity contribution in [1.82, 2.24) is 5.32 Å². The zero-order valence-electron chi connectivity index (χ0n) is 14.2. The minimum Gasteiger partial charge on any atom is -0.481 e. The quantitative estimate of drug-likeness (QED) is 0.782. The van der Waals surface area contributed by atoms with Gasteiger partial charge in [0.1, 0.15) is 5.75 Å². The minimum absolute atomic E-state index is 0.0486. The van der Waals surface area contributed by atoms with E-state index in [1.54, 1.807) is 25.1 Å². The molecule has 1 amide bonds. The van der Waals surface area contributed by atoms with Crippen LogP contribution in [-0.4, -0.2) is 23.7 Å². The highest BCUT2D eigenvalue weighted by molar-refractivity contribution is 5.80. The molecule has 2 aromatic rings. The average Bonchev–Trinajstić information content (AvgIpc) is 2.63. The number of nitrogens with one attached hydrogen (secondary N) is 1. The summed E-state index contributed by atoms with van der Waals surface area (Å²) in [5.74, 6) is 0.734. The van der Waals surface area contributed by atoms with Crippen molar-refractivity contribution in [3.63, 3.8) is 0 Å². The van der Waals surface area contributed by atoms with Crippen molar-refractivity contribution in [1.29, 1.82) is 0 Å². The molecule has 2 unspecified atom stereocenters. The Morgan fingerprint density at radius 1 is 1.17 bits per heavy atom. The third-order valence-corrected chi connectivity index (χ3v) is 4.05. The number of benzene rings is 2. The topological polar surface area (TPSA) is 58.6 Å². The molecular weight excluding hydrogens is 302 g/mol. The van der Waals surface area contributed by atoms with Gasteiger partial charge in [0.25, 0.3) is 5.91 Å². The first-order chi connectivity index (χ1) is 11.6. The smallest absolute Gasteiger partial charge is 0.260 e. The van der Waals surface area contributed by atoms with Gasteiger partial charge in [-0.3, -0.25) is 4.79 Å². The Bertz CT molecular complexity index is 642. The average molecular weight is 327 g/mol. The second-order valence-electron chi connectivity index (χ2n) is 5.83. The van der Waals surface area contributed by atoms with Gasteiger partial charge in [0.2, 0.25) is 0 Å². The maximum atomic E-state index is 12.3. The molecule has 0 heterocycles. The summed E-state index contributed by atoms with van der Waals surface area (Å²) in [7, 11) is 0. The lowest BCUT2D eigenvalue weighted by atomic mass is 9.96. The predicted octanol–water partition coefficient (Wildman–Crippen LogP) is 3.26. The van der Waals surface area contributed by atoms with Crippen molar-refractivity contribution in [3.05, 3.63) is 65.7 Å². The van der Waals surface area contributed by atoms with Crippen LogP contribution in [0.3, 0.4) is 0 Å². The molecule has 0 saturated carbocycles. The largest absolute Gasteiger partial charge is 0.481 e. The van der Waals surface area contributed by atoms with Crippen LogP contribution < -0.4 is 10.1 Å². The Kier molecular flexibility index (Phi) is 6.82. The molecule has 2 N–H and O–H groups in total. The Morgan fingerprint density at radius 2 is 1.92 bits per heavy atom. The number of aliphatic hydroxyl groups excluding tert-OH is 1. The fourth-order valence-corrected chi connectivity index (χ4v) is 2.57. The van der Waals surface area contributed by atoms with Gasteiger partial charge < -0.3 is 15.2 Å². The van der Waals surface area contributed by atoms with E-state index in [1.807, 2.05) is 24.3 Å². The van der Waals surface area contributed by atoms with E-state index in [0.717, 1.165) is 12.0 Å². The number of aliphatic hydroxyl groups is 1. The molecule has 24 heavy (non-hydrogen) atoms. The number of rotatable bonds is 8. The molecule has 2 rings (SSSR count). The maximum Gasteiger partial charge on any atom is 0.260 e. The fraction of sp³-hybridized carbons (Fsp3) is 0.350. The van der Waals surface area contributed by atoms with Crippen molar-refractivity contribution in [3.8, 4) is 5.75 Å². The van der Waals surface area contributed by atoms with Crippen LogP contribution >= 0.6 is 0 Å². The molecule has 0 saturated heterocycles. The number of carbonyl (C=O) groups is 1. The van der Waals surface area contributed by atoms with Gasteiger partial charge in [0, 0.05) is 12.5 Å². The zero-order valence-corrected chi connectivity index (χ0v) is 14.2. The summed E-state index contributed by atoms with van der Waals surface area (Å²) in [6.45, 7) is 4.38. The summed E-state index contributed by atoms with van der Waals surface area (Å²) in [5, 5.41) is 12.1. The first-order valence-electron chi connectivity index (χ1n) is 8.33. The fourth-order valence-electron chi connectivity index (χ4n) is 2.57. The highest BCUT2D eigenvalue weighted by Crippen LogP contribution is 2.18. The Balaban J connectivity index is 1.89. The Labute approximate surface area is 143 Å². The van der Waals surface area contributed by atoms with E-state index >= 15 is 0 Å². The first kappa shape index (κ1) is 18.0. The van der Waals surface area contributed by atoms with E-state index in [9.17, 15) is 4.79 Å². The maximum absolute atomic E-state index is 12.3. The molecule has 0 aromatic heterocycles. The third-order valence-electron chi connectivity index (χ3n) is 4.05. The van der Waals surface area contributed by atoms with Gasteiger partial charge in [0.05, 0.1) is 6.61 Å². The van der Waals surface area contributed by atoms with Crippen LogP contribution in [0.2, 0.25) is 0 Å². The zero-order chi connectivity index (χ0) is 17.4. The van der Waals surface area contributed by atoms with Crippen molar-refractivity contribution < 1.29 is 14.6 Å². The number of amides is 1. The minimum atomic E-state index is -0.591. The van der Waals surface area contributed by atoms with E-state index in [0.29, 0.717) is 18.2 Å². The number of hydrogen-bond acceptors (Lipinski definition) is 3. The summed E-state index contributed by atoms with van der Waals surface area (Å²) >= 11 is 0. The summed E-state index contributed by atoms with van der Waals surface area (Å²) in [4.78, 5) is 12.3. The second kappa shape index (κ2) is 9.08. The van der Waals surface area contributed by atoms with Crippen molar-refractivity contribution >= 4 is 5.91 Å². The molecule has 0 spiro atoms. The van der Waals surface area contributed by atoms with Gasteiger partial charge in [0.15, 0.2) is 6.10 Å². The standard InChI is InChI=1S/C20H25NO3/c1-3-17(18-9-5-4-6-10-18)13-21-20(23)15(2)24-19-11-7-8-16(12-19)14-22/h4-12,15,17,22H,3,13-14H2,1-2H3,(H,21,23). The first-order valence-corrected chi connectivity index (χ1v) is 8.33. The van der Waals surface area contributed by atoms with Crippen LogP contribution in [0.4, 0.5) is 0 Å². The molecule has 0 aliphatic heterocycles. The van der Waals surface area contributed by atoms with E-state index in [1.165, 1.54) is 5.56 Å². The lowest BCUT2D eigenvalue weighted by Gasteiger charge is -2.19. The van der Waals surface area contributed by atoms with Crippen LogP contribution in [-0.2, 0) is 11.4 Å². The van der Waals surface area contributed by atoms with Gasteiger partial charge >= 0.3 is 0 Å². The van der Waals surface area contributed by atoms with Crippen LogP contribution in [0.15, 0.2) is 54.6 Å². The van der Waals surface area contributed by atoms with E-state index in [-0.39, 0.29) is 12.5 Å². The third kappa shape index (κ3) is 5.10. The predicted molar refractivity (Wildman–Crippen MR) is 94.9 cm³/mol. The molecule has 128 valence electrons. The van der Waals surface area contributed by atoms with Crippen molar-refractivity contribution in [2.75, 3.05) is 6.54 Å². The summed E-state index contributed by atoms with van der Waals surface area (Å²) < 4.78 is 5.67. The molecule has 2 aromatic carbocycles. The van der Waals surface area contributed by atoms with Crippen LogP contribution in [0.1, 0.15) is 37.3 Å². The van der Waals surface area contributed by atoms with Gasteiger partial charge in [-0.15, -0.1) is 0 Å². The van der Waals surface area contributed by atoms with Gasteiger partial charge in [-0.1, -0.05) is 49.4 Å². The van der Waals surface area contributed by atoms with E-state index < -0.39 is 6.10 Å². The number of hydrogen-bond donors (Lipinski definition) is 2. The SMILES string of the molecule is CCC(CNC(=O)C(C)Oc1cccc(CO)c1)c1ccccc1. The van der Waals surface area contributed by atoms with E-state index in [4.69, 9.17) is 9.84 Å². The molecule has 0 radical (unpaired) electrons. The summed E-state index contributed by atoms with van der Waals surface area (Å²) in [5.41, 5.74) is 1.99. The number of ether oxygens (including phenoxy) is 1. The van der Waals surface area contributed by atoms with E-state index in [2.05, 4.69) is 24.4 Å². The van der Waals surface area contributed by atoms with Crippen LogP contribution in [0.25, 0.3) is 0 Å². The molecule has 4 heteroatoms. The molecule has 2 atom stereocenters. The van der Waals surface area contributed by atoms with Gasteiger partial charge in [-0.25, -0.2) is 0 Å². The second-order valence-corrected chi connectivity index (χ2v) is 5.83.